The Bertz CT molecular complexity index is 562. The number of fused-ring (bicyclic) bond motifs is 1. The van der Waals surface area contributed by atoms with Crippen LogP contribution in [0.3, 0.4) is 0 Å². The van der Waals surface area contributed by atoms with E-state index >= 15 is 0 Å². The Morgan fingerprint density at radius 2 is 1.91 bits per heavy atom. The predicted molar refractivity (Wildman–Crippen MR) is 80.2 cm³/mol. The number of hydrogen-bond acceptors (Lipinski definition) is 4. The fourth-order valence-electron chi connectivity index (χ4n) is 2.38. The highest BCUT2D eigenvalue weighted by Gasteiger charge is 2.34. The molecule has 0 radical (unpaired) electrons. The van der Waals surface area contributed by atoms with Crippen LogP contribution in [0.25, 0.3) is 0 Å². The molecule has 0 saturated carbocycles. The summed E-state index contributed by atoms with van der Waals surface area (Å²) in [5.41, 5.74) is 0.804. The third-order valence-electron chi connectivity index (χ3n) is 3.63. The first kappa shape index (κ1) is 16.3. The number of carbonyl (C=O) groups is 2. The highest BCUT2D eigenvalue weighted by molar-refractivity contribution is 6.21. The zero-order valence-corrected chi connectivity index (χ0v) is 12.4. The molecule has 0 aromatic heterocycles. The van der Waals surface area contributed by atoms with Gasteiger partial charge in [-0.15, -0.1) is 0 Å². The number of halogens is 1. The minimum absolute atomic E-state index is 0.117. The third kappa shape index (κ3) is 3.40. The molecule has 1 aromatic carbocycles. The first-order valence-corrected chi connectivity index (χ1v) is 7.18. The SMILES string of the molecule is CN[C@@H](/C=C(/F)CCCN1C(=O)c2ccccc2C1=O)CO. The van der Waals surface area contributed by atoms with Gasteiger partial charge in [-0.25, -0.2) is 4.39 Å². The van der Waals surface area contributed by atoms with Gasteiger partial charge < -0.3 is 10.4 Å². The first-order valence-electron chi connectivity index (χ1n) is 7.18. The van der Waals surface area contributed by atoms with Crippen molar-refractivity contribution < 1.29 is 19.1 Å². The highest BCUT2D eigenvalue weighted by atomic mass is 19.1. The van der Waals surface area contributed by atoms with Crippen LogP contribution in [0, 0.1) is 0 Å². The zero-order valence-electron chi connectivity index (χ0n) is 12.4. The van der Waals surface area contributed by atoms with E-state index < -0.39 is 6.04 Å². The van der Waals surface area contributed by atoms with E-state index in [0.717, 1.165) is 4.90 Å². The number of benzene rings is 1. The third-order valence-corrected chi connectivity index (χ3v) is 3.63. The lowest BCUT2D eigenvalue weighted by Gasteiger charge is -2.13. The second-order valence-electron chi connectivity index (χ2n) is 5.10. The van der Waals surface area contributed by atoms with Gasteiger partial charge in [0.15, 0.2) is 0 Å². The first-order chi connectivity index (χ1) is 10.6. The maximum Gasteiger partial charge on any atom is 0.261 e. The average molecular weight is 306 g/mol. The number of aliphatic hydroxyl groups is 1. The number of imide groups is 1. The van der Waals surface area contributed by atoms with E-state index in [1.807, 2.05) is 0 Å². The van der Waals surface area contributed by atoms with E-state index in [4.69, 9.17) is 5.11 Å². The number of amides is 2. The Hall–Kier alpha value is -2.05. The molecule has 22 heavy (non-hydrogen) atoms. The van der Waals surface area contributed by atoms with E-state index in [1.54, 1.807) is 31.3 Å². The van der Waals surface area contributed by atoms with E-state index in [-0.39, 0.29) is 37.2 Å². The van der Waals surface area contributed by atoms with Crippen LogP contribution in [-0.4, -0.2) is 48.1 Å². The van der Waals surface area contributed by atoms with E-state index in [0.29, 0.717) is 17.5 Å². The van der Waals surface area contributed by atoms with Crippen LogP contribution in [0.2, 0.25) is 0 Å². The number of nitrogens with one attached hydrogen (secondary N) is 1. The summed E-state index contributed by atoms with van der Waals surface area (Å²) in [5, 5.41) is 11.7. The number of hydrogen-bond donors (Lipinski definition) is 2. The van der Waals surface area contributed by atoms with E-state index in [1.165, 1.54) is 6.08 Å². The lowest BCUT2D eigenvalue weighted by Crippen LogP contribution is -2.30. The highest BCUT2D eigenvalue weighted by Crippen LogP contribution is 2.23. The monoisotopic (exact) mass is 306 g/mol. The Balaban J connectivity index is 1.91. The molecule has 2 amide bonds. The van der Waals surface area contributed by atoms with Crippen molar-refractivity contribution in [1.29, 1.82) is 0 Å². The number of likely N-dealkylation sites (N-methyl/N-ethyl adjacent to an activating group) is 1. The quantitative estimate of drug-likeness (QED) is 0.749. The summed E-state index contributed by atoms with van der Waals surface area (Å²) in [7, 11) is 1.63. The largest absolute Gasteiger partial charge is 0.394 e. The van der Waals surface area contributed by atoms with Gasteiger partial charge in [-0.05, 0) is 31.7 Å². The van der Waals surface area contributed by atoms with Gasteiger partial charge in [0.25, 0.3) is 11.8 Å². The Morgan fingerprint density at radius 3 is 2.41 bits per heavy atom. The molecule has 6 heteroatoms. The Kier molecular flexibility index (Phi) is 5.41. The number of allylic oxidation sites excluding steroid dienone is 1. The van der Waals surface area contributed by atoms with Gasteiger partial charge in [0.2, 0.25) is 0 Å². The van der Waals surface area contributed by atoms with Gasteiger partial charge in [-0.2, -0.15) is 0 Å². The van der Waals surface area contributed by atoms with Crippen molar-refractivity contribution >= 4 is 11.8 Å². The van der Waals surface area contributed by atoms with Crippen LogP contribution >= 0.6 is 0 Å². The molecule has 0 spiro atoms. The molecule has 0 aliphatic carbocycles. The molecule has 5 nitrogen and oxygen atoms in total. The maximum absolute atomic E-state index is 13.7. The normalized spacial score (nSPS) is 16.1. The number of carbonyl (C=O) groups excluding carboxylic acids is 2. The number of nitrogens with zero attached hydrogens (tertiary/aromatic N) is 1. The second kappa shape index (κ2) is 7.29. The molecular formula is C16H19FN2O3. The van der Waals surface area contributed by atoms with E-state index in [9.17, 15) is 14.0 Å². The lowest BCUT2D eigenvalue weighted by atomic mass is 10.1. The van der Waals surface area contributed by atoms with Gasteiger partial charge in [0.1, 0.15) is 0 Å². The summed E-state index contributed by atoms with van der Waals surface area (Å²) < 4.78 is 13.7. The molecule has 1 aliphatic rings. The Morgan fingerprint density at radius 1 is 1.32 bits per heavy atom. The molecule has 0 unspecified atom stereocenters. The van der Waals surface area contributed by atoms with Crippen molar-refractivity contribution in [3.63, 3.8) is 0 Å². The zero-order chi connectivity index (χ0) is 16.1. The summed E-state index contributed by atoms with van der Waals surface area (Å²) >= 11 is 0. The van der Waals surface area contributed by atoms with Gasteiger partial charge in [0.05, 0.1) is 29.6 Å². The number of aliphatic hydroxyl groups excluding tert-OH is 1. The van der Waals surface area contributed by atoms with Crippen LogP contribution in [0.1, 0.15) is 33.6 Å². The molecule has 1 aromatic rings. The predicted octanol–water partition coefficient (Wildman–Crippen LogP) is 1.50. The van der Waals surface area contributed by atoms with Crippen LogP contribution in [0.4, 0.5) is 4.39 Å². The van der Waals surface area contributed by atoms with Gasteiger partial charge in [-0.1, -0.05) is 12.1 Å². The van der Waals surface area contributed by atoms with Crippen molar-refractivity contribution in [3.05, 3.63) is 47.3 Å². The summed E-state index contributed by atoms with van der Waals surface area (Å²) in [6.45, 7) is -0.0146. The molecule has 2 N–H and O–H groups in total. The lowest BCUT2D eigenvalue weighted by molar-refractivity contribution is 0.0652. The fourth-order valence-corrected chi connectivity index (χ4v) is 2.38. The van der Waals surface area contributed by atoms with Crippen LogP contribution in [0.5, 0.6) is 0 Å². The molecule has 1 atom stereocenters. The van der Waals surface area contributed by atoms with Gasteiger partial charge in [0, 0.05) is 13.0 Å². The summed E-state index contributed by atoms with van der Waals surface area (Å²) in [6, 6.07) is 6.23. The number of rotatable bonds is 7. The summed E-state index contributed by atoms with van der Waals surface area (Å²) in [4.78, 5) is 25.4. The van der Waals surface area contributed by atoms with Crippen LogP contribution < -0.4 is 5.32 Å². The smallest absolute Gasteiger partial charge is 0.261 e. The molecule has 1 heterocycles. The molecule has 1 aliphatic heterocycles. The van der Waals surface area contributed by atoms with Crippen molar-refractivity contribution in [1.82, 2.24) is 10.2 Å². The average Bonchev–Trinajstić information content (AvgIpc) is 2.78. The molecule has 2 rings (SSSR count). The van der Waals surface area contributed by atoms with Crippen LogP contribution in [-0.2, 0) is 0 Å². The molecular weight excluding hydrogens is 287 g/mol. The topological polar surface area (TPSA) is 69.6 Å². The van der Waals surface area contributed by atoms with Crippen molar-refractivity contribution in [2.45, 2.75) is 18.9 Å². The van der Waals surface area contributed by atoms with Gasteiger partial charge >= 0.3 is 0 Å². The second-order valence-corrected chi connectivity index (χ2v) is 5.10. The minimum atomic E-state index is -0.431. The van der Waals surface area contributed by atoms with E-state index in [2.05, 4.69) is 5.32 Å². The summed E-state index contributed by atoms with van der Waals surface area (Å²) in [5.74, 6) is -1.02. The molecule has 0 bridgehead atoms. The van der Waals surface area contributed by atoms with Crippen LogP contribution in [0.15, 0.2) is 36.2 Å². The molecule has 0 saturated heterocycles. The minimum Gasteiger partial charge on any atom is -0.394 e. The summed E-state index contributed by atoms with van der Waals surface area (Å²) in [6.07, 6.45) is 1.77. The molecule has 0 fully saturated rings. The Labute approximate surface area is 128 Å². The molecule has 118 valence electrons. The fraction of sp³-hybridized carbons (Fsp3) is 0.375. The van der Waals surface area contributed by atoms with Crippen molar-refractivity contribution in [2.24, 2.45) is 0 Å². The van der Waals surface area contributed by atoms with Gasteiger partial charge in [-0.3, -0.25) is 14.5 Å². The maximum atomic E-state index is 13.7. The van der Waals surface area contributed by atoms with Crippen molar-refractivity contribution in [3.8, 4) is 0 Å². The van der Waals surface area contributed by atoms with Crippen molar-refractivity contribution in [2.75, 3.05) is 20.2 Å². The standard InChI is InChI=1S/C16H19FN2O3/c1-18-12(10-20)9-11(17)5-4-8-19-15(21)13-6-2-3-7-14(13)16(19)22/h2-3,6-7,9,12,18,20H,4-5,8,10H2,1H3/b11-9+/t12-/m0/s1.